The molecule has 2 aliphatic rings. The Kier molecular flexibility index (Phi) is 8.06. The van der Waals surface area contributed by atoms with Crippen molar-refractivity contribution in [2.45, 2.75) is 5.41 Å². The highest BCUT2D eigenvalue weighted by Crippen LogP contribution is 2.65. The first-order chi connectivity index (χ1) is 31.3. The summed E-state index contributed by atoms with van der Waals surface area (Å²) in [6, 6.07) is 87.8. The third kappa shape index (κ3) is 5.16. The Morgan fingerprint density at radius 2 is 0.730 bits per heavy atom. The largest absolute Gasteiger partial charge is 0.309 e. The van der Waals surface area contributed by atoms with Gasteiger partial charge in [0.05, 0.1) is 22.5 Å². The van der Waals surface area contributed by atoms with Crippen LogP contribution in [0, 0.1) is 0 Å². The van der Waals surface area contributed by atoms with Crippen LogP contribution < -0.4 is 4.90 Å². The Bertz CT molecular complexity index is 3550. The lowest BCUT2D eigenvalue weighted by molar-refractivity contribution is 0.794. The Morgan fingerprint density at radius 3 is 1.44 bits per heavy atom. The number of nitrogens with zero attached hydrogens (tertiary/aromatic N) is 1. The summed E-state index contributed by atoms with van der Waals surface area (Å²) >= 11 is 1.87. The van der Waals surface area contributed by atoms with Crippen molar-refractivity contribution in [3.8, 4) is 55.6 Å². The summed E-state index contributed by atoms with van der Waals surface area (Å²) in [5.41, 5.74) is 20.7. The van der Waals surface area contributed by atoms with Gasteiger partial charge in [-0.05, 0) is 97.1 Å². The van der Waals surface area contributed by atoms with Crippen LogP contribution in [0.25, 0.3) is 75.8 Å². The van der Waals surface area contributed by atoms with E-state index in [2.05, 4.69) is 241 Å². The minimum Gasteiger partial charge on any atom is -0.309 e. The van der Waals surface area contributed by atoms with Crippen molar-refractivity contribution in [2.75, 3.05) is 4.90 Å². The molecule has 63 heavy (non-hydrogen) atoms. The zero-order chi connectivity index (χ0) is 41.5. The molecule has 0 bridgehead atoms. The molecule has 1 spiro atoms. The molecule has 0 saturated carbocycles. The van der Waals surface area contributed by atoms with E-state index in [4.69, 9.17) is 0 Å². The highest BCUT2D eigenvalue weighted by molar-refractivity contribution is 7.26. The molecule has 2 aliphatic carbocycles. The van der Waals surface area contributed by atoms with E-state index in [1.807, 2.05) is 11.3 Å². The van der Waals surface area contributed by atoms with Gasteiger partial charge >= 0.3 is 0 Å². The standard InChI is InChI=1S/C61H39NS/c1-2-20-40(21-3-1)41-22-4-5-23-42(41)43-24-6-7-25-44(43)47-28-11-16-35-54(47)62(56-37-19-39-58-60(56)49-30-12-17-38-57(49)63-58)55-36-18-34-53-59(55)48-29-10-15-33-52(48)61(53)50-31-13-8-26-45(50)46-27-9-14-32-51(46)61/h1-39H. The number of rotatable bonds is 6. The molecule has 0 radical (unpaired) electrons. The molecule has 11 aromatic rings. The van der Waals surface area contributed by atoms with Crippen LogP contribution in [0.15, 0.2) is 237 Å². The molecule has 2 heteroatoms. The monoisotopic (exact) mass is 817 g/mol. The second kappa shape index (κ2) is 14.1. The summed E-state index contributed by atoms with van der Waals surface area (Å²) in [6.07, 6.45) is 0. The molecule has 0 saturated heterocycles. The summed E-state index contributed by atoms with van der Waals surface area (Å²) in [5, 5.41) is 2.54. The number of benzene rings is 10. The summed E-state index contributed by atoms with van der Waals surface area (Å²) in [4.78, 5) is 2.60. The molecule has 10 aromatic carbocycles. The smallest absolute Gasteiger partial charge is 0.0726 e. The average Bonchev–Trinajstić information content (AvgIpc) is 4.00. The van der Waals surface area contributed by atoms with Gasteiger partial charge in [0.25, 0.3) is 0 Å². The van der Waals surface area contributed by atoms with E-state index >= 15 is 0 Å². The lowest BCUT2D eigenvalue weighted by Gasteiger charge is -2.33. The van der Waals surface area contributed by atoms with Gasteiger partial charge < -0.3 is 4.90 Å². The van der Waals surface area contributed by atoms with E-state index < -0.39 is 5.41 Å². The molecule has 0 aliphatic heterocycles. The quantitative estimate of drug-likeness (QED) is 0.162. The number of anilines is 3. The van der Waals surface area contributed by atoms with Crippen molar-refractivity contribution >= 4 is 48.6 Å². The van der Waals surface area contributed by atoms with Gasteiger partial charge in [0.2, 0.25) is 0 Å². The predicted molar refractivity (Wildman–Crippen MR) is 267 cm³/mol. The molecule has 0 atom stereocenters. The van der Waals surface area contributed by atoms with E-state index in [0.717, 1.165) is 11.4 Å². The normalized spacial score (nSPS) is 12.9. The molecular formula is C61H39NS. The van der Waals surface area contributed by atoms with E-state index in [9.17, 15) is 0 Å². The Hall–Kier alpha value is -7.78. The van der Waals surface area contributed by atoms with Crippen molar-refractivity contribution in [1.82, 2.24) is 0 Å². The number of fused-ring (bicyclic) bond motifs is 13. The lowest BCUT2D eigenvalue weighted by Crippen LogP contribution is -2.26. The molecule has 1 nitrogen and oxygen atoms in total. The number of para-hydroxylation sites is 1. The number of hydrogen-bond acceptors (Lipinski definition) is 2. The summed E-state index contributed by atoms with van der Waals surface area (Å²) < 4.78 is 2.56. The van der Waals surface area contributed by atoms with Crippen LogP contribution in [-0.4, -0.2) is 0 Å². The zero-order valence-electron chi connectivity index (χ0n) is 34.4. The van der Waals surface area contributed by atoms with Crippen LogP contribution in [0.3, 0.4) is 0 Å². The SMILES string of the molecule is c1ccc(-c2ccccc2-c2ccccc2-c2ccccc2N(c2cccc3c2-c2ccccc2C32c3ccccc3-c3ccccc32)c2cccc3sc4ccccc4c23)cc1. The van der Waals surface area contributed by atoms with Gasteiger partial charge in [-0.15, -0.1) is 11.3 Å². The molecule has 1 heterocycles. The first-order valence-corrected chi connectivity index (χ1v) is 22.6. The second-order valence-electron chi connectivity index (χ2n) is 16.6. The second-order valence-corrected chi connectivity index (χ2v) is 17.7. The molecule has 0 amide bonds. The molecule has 0 fully saturated rings. The summed E-state index contributed by atoms with van der Waals surface area (Å²) in [5.74, 6) is 0. The van der Waals surface area contributed by atoms with Gasteiger partial charge in [-0.25, -0.2) is 0 Å². The van der Waals surface area contributed by atoms with Crippen molar-refractivity contribution in [3.05, 3.63) is 259 Å². The maximum absolute atomic E-state index is 2.60. The topological polar surface area (TPSA) is 3.24 Å². The fourth-order valence-corrected chi connectivity index (χ4v) is 12.2. The first-order valence-electron chi connectivity index (χ1n) is 21.8. The van der Waals surface area contributed by atoms with Crippen LogP contribution in [0.2, 0.25) is 0 Å². The van der Waals surface area contributed by atoms with Crippen LogP contribution in [0.4, 0.5) is 17.1 Å². The van der Waals surface area contributed by atoms with Crippen molar-refractivity contribution < 1.29 is 0 Å². The first kappa shape index (κ1) is 35.9. The van der Waals surface area contributed by atoms with Gasteiger partial charge in [-0.3, -0.25) is 0 Å². The fraction of sp³-hybridized carbons (Fsp3) is 0.0164. The van der Waals surface area contributed by atoms with Crippen molar-refractivity contribution in [2.24, 2.45) is 0 Å². The van der Waals surface area contributed by atoms with E-state index in [-0.39, 0.29) is 0 Å². The fourth-order valence-electron chi connectivity index (χ4n) is 11.1. The molecule has 13 rings (SSSR count). The van der Waals surface area contributed by atoms with Crippen LogP contribution in [0.1, 0.15) is 22.3 Å². The predicted octanol–water partition coefficient (Wildman–Crippen LogP) is 16.9. The van der Waals surface area contributed by atoms with Crippen molar-refractivity contribution in [3.63, 3.8) is 0 Å². The van der Waals surface area contributed by atoms with Gasteiger partial charge in [-0.1, -0.05) is 206 Å². The van der Waals surface area contributed by atoms with Gasteiger partial charge in [0.1, 0.15) is 0 Å². The van der Waals surface area contributed by atoms with Crippen molar-refractivity contribution in [1.29, 1.82) is 0 Å². The minimum absolute atomic E-state index is 0.463. The van der Waals surface area contributed by atoms with E-state index in [1.54, 1.807) is 0 Å². The third-order valence-electron chi connectivity index (χ3n) is 13.5. The summed E-state index contributed by atoms with van der Waals surface area (Å²) in [6.45, 7) is 0. The van der Waals surface area contributed by atoms with Gasteiger partial charge in [-0.2, -0.15) is 0 Å². The Morgan fingerprint density at radius 1 is 0.286 bits per heavy atom. The Labute approximate surface area is 371 Å². The lowest BCUT2D eigenvalue weighted by atomic mass is 9.70. The maximum atomic E-state index is 2.60. The van der Waals surface area contributed by atoms with Crippen LogP contribution in [0.5, 0.6) is 0 Å². The van der Waals surface area contributed by atoms with E-state index in [1.165, 1.54) is 104 Å². The average molecular weight is 818 g/mol. The third-order valence-corrected chi connectivity index (χ3v) is 14.7. The number of thiophene rings is 1. The zero-order valence-corrected chi connectivity index (χ0v) is 35.2. The molecule has 0 N–H and O–H groups in total. The maximum Gasteiger partial charge on any atom is 0.0726 e. The van der Waals surface area contributed by atoms with Crippen LogP contribution >= 0.6 is 11.3 Å². The summed E-state index contributed by atoms with van der Waals surface area (Å²) in [7, 11) is 0. The Balaban J connectivity index is 1.13. The minimum atomic E-state index is -0.463. The molecule has 294 valence electrons. The highest BCUT2D eigenvalue weighted by atomic mass is 32.1. The van der Waals surface area contributed by atoms with Gasteiger partial charge in [0.15, 0.2) is 0 Å². The molecular weight excluding hydrogens is 779 g/mol. The number of hydrogen-bond donors (Lipinski definition) is 0. The van der Waals surface area contributed by atoms with E-state index in [0.29, 0.717) is 0 Å². The molecule has 0 unspecified atom stereocenters. The van der Waals surface area contributed by atoms with Crippen LogP contribution in [-0.2, 0) is 5.41 Å². The highest BCUT2D eigenvalue weighted by Gasteiger charge is 2.52. The molecule has 1 aromatic heterocycles. The van der Waals surface area contributed by atoms with Gasteiger partial charge in [0, 0.05) is 31.3 Å².